The van der Waals surface area contributed by atoms with E-state index < -0.39 is 16.0 Å². The second kappa shape index (κ2) is 5.93. The Kier molecular flexibility index (Phi) is 4.04. The average molecular weight is 357 g/mol. The maximum Gasteiger partial charge on any atom is 0.262 e. The van der Waals surface area contributed by atoms with E-state index in [4.69, 9.17) is 0 Å². The van der Waals surface area contributed by atoms with Gasteiger partial charge in [-0.1, -0.05) is 29.3 Å². The van der Waals surface area contributed by atoms with Gasteiger partial charge in [-0.3, -0.25) is 4.72 Å². The number of aromatic nitrogens is 1. The number of rotatable bonds is 4. The van der Waals surface area contributed by atoms with Crippen molar-refractivity contribution in [1.82, 2.24) is 4.98 Å². The van der Waals surface area contributed by atoms with Gasteiger partial charge >= 0.3 is 0 Å². The molecule has 25 heavy (non-hydrogen) atoms. The lowest BCUT2D eigenvalue weighted by molar-refractivity contribution is -0.255. The second-order valence-corrected chi connectivity index (χ2v) is 7.74. The molecule has 0 aliphatic carbocycles. The van der Waals surface area contributed by atoms with Gasteiger partial charge in [0.25, 0.3) is 10.0 Å². The maximum atomic E-state index is 12.8. The van der Waals surface area contributed by atoms with E-state index in [-0.39, 0.29) is 16.3 Å². The van der Waals surface area contributed by atoms with Crippen LogP contribution >= 0.6 is 0 Å². The minimum absolute atomic E-state index is 0.0151. The van der Waals surface area contributed by atoms with Crippen LogP contribution in [0.1, 0.15) is 27.2 Å². The fourth-order valence-corrected chi connectivity index (χ4v) is 4.18. The molecular formula is C18H17N2O4S-. The molecule has 0 atom stereocenters. The molecule has 2 N–H and O–H groups in total. The van der Waals surface area contributed by atoms with Gasteiger partial charge in [0.1, 0.15) is 0 Å². The molecule has 0 bridgehead atoms. The molecule has 0 fully saturated rings. The molecule has 130 valence electrons. The van der Waals surface area contributed by atoms with E-state index in [2.05, 4.69) is 9.71 Å². The fraction of sp³-hybridized carbons (Fsp3) is 0.167. The smallest absolute Gasteiger partial charge is 0.262 e. The molecule has 6 nitrogen and oxygen atoms in total. The van der Waals surface area contributed by atoms with Crippen molar-refractivity contribution in [3.8, 4) is 0 Å². The minimum Gasteiger partial charge on any atom is -0.543 e. The number of nitrogens with one attached hydrogen (secondary N) is 2. The zero-order valence-corrected chi connectivity index (χ0v) is 14.8. The van der Waals surface area contributed by atoms with Gasteiger partial charge in [-0.25, -0.2) is 8.42 Å². The van der Waals surface area contributed by atoms with Crippen LogP contribution in [-0.2, 0) is 10.0 Å². The van der Waals surface area contributed by atoms with Crippen LogP contribution < -0.4 is 9.83 Å². The number of hydrogen-bond acceptors (Lipinski definition) is 4. The van der Waals surface area contributed by atoms with E-state index in [0.29, 0.717) is 16.5 Å². The highest BCUT2D eigenvalue weighted by Gasteiger charge is 2.22. The van der Waals surface area contributed by atoms with Gasteiger partial charge in [0, 0.05) is 10.9 Å². The third-order valence-corrected chi connectivity index (χ3v) is 5.52. The molecule has 7 heteroatoms. The Balaban J connectivity index is 2.17. The second-order valence-electron chi connectivity index (χ2n) is 6.09. The van der Waals surface area contributed by atoms with Gasteiger partial charge in [-0.2, -0.15) is 0 Å². The van der Waals surface area contributed by atoms with Crippen LogP contribution in [0.3, 0.4) is 0 Å². The van der Waals surface area contributed by atoms with E-state index in [9.17, 15) is 18.3 Å². The van der Waals surface area contributed by atoms with Gasteiger partial charge in [0.05, 0.1) is 22.2 Å². The third kappa shape index (κ3) is 3.10. The molecule has 1 aromatic heterocycles. The van der Waals surface area contributed by atoms with E-state index in [1.807, 2.05) is 13.8 Å². The van der Waals surface area contributed by atoms with Crippen molar-refractivity contribution < 1.29 is 18.3 Å². The summed E-state index contributed by atoms with van der Waals surface area (Å²) in [5.74, 6) is -1.48. The first-order valence-corrected chi connectivity index (χ1v) is 9.11. The SMILES string of the molecule is Cc1ccc(S(=O)(=O)Nc2c(C(=O)[O-])[nH]c3ccc(C)cc23)c(C)c1. The Morgan fingerprint density at radius 3 is 2.32 bits per heavy atom. The summed E-state index contributed by atoms with van der Waals surface area (Å²) in [5.41, 5.74) is 2.60. The molecule has 2 aromatic carbocycles. The van der Waals surface area contributed by atoms with Crippen LogP contribution in [0.15, 0.2) is 41.3 Å². The molecule has 3 rings (SSSR count). The Bertz CT molecular complexity index is 1100. The fourth-order valence-electron chi connectivity index (χ4n) is 2.86. The number of carbonyl (C=O) groups excluding carboxylic acids is 1. The van der Waals surface area contributed by atoms with Crippen LogP contribution in [0.25, 0.3) is 10.9 Å². The number of sulfonamides is 1. The number of carbonyl (C=O) groups is 1. The van der Waals surface area contributed by atoms with Crippen molar-refractivity contribution in [3.63, 3.8) is 0 Å². The molecule has 0 saturated heterocycles. The highest BCUT2D eigenvalue weighted by molar-refractivity contribution is 7.92. The van der Waals surface area contributed by atoms with Crippen molar-refractivity contribution in [1.29, 1.82) is 0 Å². The highest BCUT2D eigenvalue weighted by Crippen LogP contribution is 2.31. The van der Waals surface area contributed by atoms with Crippen LogP contribution in [0.5, 0.6) is 0 Å². The highest BCUT2D eigenvalue weighted by atomic mass is 32.2. The number of aromatic amines is 1. The first-order valence-electron chi connectivity index (χ1n) is 7.63. The summed E-state index contributed by atoms with van der Waals surface area (Å²) in [6, 6.07) is 10.2. The van der Waals surface area contributed by atoms with E-state index in [0.717, 1.165) is 11.1 Å². The summed E-state index contributed by atoms with van der Waals surface area (Å²) < 4.78 is 28.0. The van der Waals surface area contributed by atoms with Crippen LogP contribution in [-0.4, -0.2) is 19.4 Å². The summed E-state index contributed by atoms with van der Waals surface area (Å²) in [7, 11) is -3.95. The van der Waals surface area contributed by atoms with Crippen LogP contribution in [0.2, 0.25) is 0 Å². The molecule has 0 aliphatic rings. The standard InChI is InChI=1S/C18H18N2O4S/c1-10-5-7-15(12(3)8-10)25(23,24)20-16-13-9-11(2)4-6-14(13)19-17(16)18(21)22/h4-9,19-20H,1-3H3,(H,21,22)/p-1. The monoisotopic (exact) mass is 357 g/mol. The number of fused-ring (bicyclic) bond motifs is 1. The van der Waals surface area contributed by atoms with Crippen molar-refractivity contribution in [3.05, 3.63) is 58.8 Å². The number of aryl methyl sites for hydroxylation is 3. The molecular weight excluding hydrogens is 340 g/mol. The van der Waals surface area contributed by atoms with Gasteiger partial charge < -0.3 is 14.9 Å². The quantitative estimate of drug-likeness (QED) is 0.747. The number of carboxylic acids is 1. The molecule has 3 aromatic rings. The molecule has 0 aliphatic heterocycles. The Hall–Kier alpha value is -2.80. The number of benzene rings is 2. The first-order chi connectivity index (χ1) is 11.7. The first kappa shape index (κ1) is 17.0. The van der Waals surface area contributed by atoms with Crippen molar-refractivity contribution in [2.24, 2.45) is 0 Å². The summed E-state index contributed by atoms with van der Waals surface area (Å²) in [5, 5.41) is 11.9. The number of hydrogen-bond donors (Lipinski definition) is 2. The van der Waals surface area contributed by atoms with Crippen molar-refractivity contribution in [2.75, 3.05) is 4.72 Å². The molecule has 0 radical (unpaired) electrons. The normalized spacial score (nSPS) is 11.6. The zero-order valence-electron chi connectivity index (χ0n) is 14.0. The zero-order chi connectivity index (χ0) is 18.4. The van der Waals surface area contributed by atoms with E-state index in [1.54, 1.807) is 37.3 Å². The Morgan fingerprint density at radius 1 is 1.04 bits per heavy atom. The molecule has 0 saturated carbocycles. The van der Waals surface area contributed by atoms with E-state index in [1.165, 1.54) is 6.07 Å². The van der Waals surface area contributed by atoms with Crippen LogP contribution in [0, 0.1) is 20.8 Å². The molecule has 1 heterocycles. The largest absolute Gasteiger partial charge is 0.543 e. The summed E-state index contributed by atoms with van der Waals surface area (Å²) in [6.45, 7) is 5.40. The lowest BCUT2D eigenvalue weighted by Gasteiger charge is -2.12. The van der Waals surface area contributed by atoms with Gasteiger partial charge in [-0.05, 0) is 44.5 Å². The Labute approximate surface area is 145 Å². The number of carboxylic acid groups (broad SMARTS) is 1. The lowest BCUT2D eigenvalue weighted by Crippen LogP contribution is -2.25. The lowest BCUT2D eigenvalue weighted by atomic mass is 10.1. The van der Waals surface area contributed by atoms with E-state index >= 15 is 0 Å². The maximum absolute atomic E-state index is 12.8. The summed E-state index contributed by atoms with van der Waals surface area (Å²) in [4.78, 5) is 14.2. The predicted octanol–water partition coefficient (Wildman–Crippen LogP) is 2.26. The van der Waals surface area contributed by atoms with Crippen molar-refractivity contribution >= 4 is 32.6 Å². The third-order valence-electron chi connectivity index (χ3n) is 4.01. The van der Waals surface area contributed by atoms with Crippen LogP contribution in [0.4, 0.5) is 5.69 Å². The van der Waals surface area contributed by atoms with Gasteiger partial charge in [-0.15, -0.1) is 0 Å². The van der Waals surface area contributed by atoms with Gasteiger partial charge in [0.15, 0.2) is 0 Å². The van der Waals surface area contributed by atoms with Crippen molar-refractivity contribution in [2.45, 2.75) is 25.7 Å². The number of aromatic carboxylic acids is 1. The number of H-pyrrole nitrogens is 1. The minimum atomic E-state index is -3.95. The summed E-state index contributed by atoms with van der Waals surface area (Å²) >= 11 is 0. The van der Waals surface area contributed by atoms with Gasteiger partial charge in [0.2, 0.25) is 0 Å². The Morgan fingerprint density at radius 2 is 1.68 bits per heavy atom. The topological polar surface area (TPSA) is 102 Å². The summed E-state index contributed by atoms with van der Waals surface area (Å²) in [6.07, 6.45) is 0. The molecule has 0 amide bonds. The molecule has 0 spiro atoms. The number of anilines is 1. The predicted molar refractivity (Wildman–Crippen MR) is 94.1 cm³/mol. The average Bonchev–Trinajstić information content (AvgIpc) is 2.84. The molecule has 0 unspecified atom stereocenters.